The van der Waals surface area contributed by atoms with Gasteiger partial charge in [0.05, 0.1) is 10.2 Å². The number of benzene rings is 1. The molecule has 1 atom stereocenters. The molecule has 1 aromatic rings. The summed E-state index contributed by atoms with van der Waals surface area (Å²) in [5.74, 6) is -6.38. The maximum absolute atomic E-state index is 13.6. The van der Waals surface area contributed by atoms with Crippen molar-refractivity contribution in [3.8, 4) is 0 Å². The highest BCUT2D eigenvalue weighted by Gasteiger charge is 2.64. The molecule has 0 aromatic heterocycles. The molecule has 0 saturated carbocycles. The average molecular weight is 440 g/mol. The number of ether oxygens (including phenoxy) is 1. The van der Waals surface area contributed by atoms with Gasteiger partial charge in [0.15, 0.2) is 6.10 Å². The predicted molar refractivity (Wildman–Crippen MR) is 72.5 cm³/mol. The van der Waals surface area contributed by atoms with Crippen LogP contribution in [0.25, 0.3) is 0 Å². The van der Waals surface area contributed by atoms with E-state index in [1.54, 1.807) is 0 Å². The van der Waals surface area contributed by atoms with E-state index in [4.69, 9.17) is 0 Å². The van der Waals surface area contributed by atoms with Crippen molar-refractivity contribution in [3.63, 3.8) is 0 Å². The lowest BCUT2D eigenvalue weighted by molar-refractivity contribution is -0.316. The fourth-order valence-corrected chi connectivity index (χ4v) is 1.96. The van der Waals surface area contributed by atoms with Crippen LogP contribution in [0.1, 0.15) is 18.1 Å². The van der Waals surface area contributed by atoms with E-state index in [2.05, 4.69) is 36.6 Å². The zero-order valence-electron chi connectivity index (χ0n) is 10.2. The van der Waals surface area contributed by atoms with Gasteiger partial charge in [-0.25, -0.2) is 0 Å². The lowest BCUT2D eigenvalue weighted by Crippen LogP contribution is -2.44. The number of alkyl halides is 7. The van der Waals surface area contributed by atoms with Crippen molar-refractivity contribution in [1.82, 2.24) is 0 Å². The standard InChI is InChI=1S/C12H9Br2F5O2/c13-8(14)6-9(20)21-10(7-4-2-1-3-5-7)11(15,16)12(17,18)19/h1-5,8,10H,6H2. The van der Waals surface area contributed by atoms with Gasteiger partial charge < -0.3 is 4.74 Å². The molecule has 0 heterocycles. The number of halogens is 7. The number of esters is 1. The molecule has 1 rings (SSSR count). The van der Waals surface area contributed by atoms with Crippen molar-refractivity contribution in [2.75, 3.05) is 0 Å². The molecule has 0 radical (unpaired) electrons. The van der Waals surface area contributed by atoms with E-state index < -0.39 is 39.9 Å². The van der Waals surface area contributed by atoms with Gasteiger partial charge in [-0.1, -0.05) is 62.2 Å². The number of hydrogen-bond donors (Lipinski definition) is 0. The van der Waals surface area contributed by atoms with Gasteiger partial charge in [0.25, 0.3) is 0 Å². The summed E-state index contributed by atoms with van der Waals surface area (Å²) in [6, 6.07) is 6.08. The second kappa shape index (κ2) is 7.04. The number of carbonyl (C=O) groups is 1. The summed E-state index contributed by atoms with van der Waals surface area (Å²) in [4.78, 5) is 11.4. The van der Waals surface area contributed by atoms with Crippen molar-refractivity contribution in [1.29, 1.82) is 0 Å². The summed E-state index contributed by atoms with van der Waals surface area (Å²) >= 11 is 5.83. The van der Waals surface area contributed by atoms with Crippen LogP contribution in [0.3, 0.4) is 0 Å². The van der Waals surface area contributed by atoms with Gasteiger partial charge in [-0.3, -0.25) is 4.79 Å². The minimum atomic E-state index is -5.84. The highest BCUT2D eigenvalue weighted by Crippen LogP contribution is 2.46. The van der Waals surface area contributed by atoms with E-state index in [1.165, 1.54) is 18.2 Å². The highest BCUT2D eigenvalue weighted by molar-refractivity contribution is 9.24. The fraction of sp³-hybridized carbons (Fsp3) is 0.417. The van der Waals surface area contributed by atoms with Crippen LogP contribution in [0.4, 0.5) is 22.0 Å². The molecule has 0 aliphatic rings. The second-order valence-electron chi connectivity index (χ2n) is 4.00. The first-order chi connectivity index (χ1) is 9.55. The van der Waals surface area contributed by atoms with Crippen molar-refractivity contribution >= 4 is 37.8 Å². The Morgan fingerprint density at radius 1 is 1.10 bits per heavy atom. The van der Waals surface area contributed by atoms with Crippen molar-refractivity contribution < 1.29 is 31.5 Å². The zero-order valence-corrected chi connectivity index (χ0v) is 13.4. The van der Waals surface area contributed by atoms with Crippen LogP contribution in [0.15, 0.2) is 30.3 Å². The van der Waals surface area contributed by atoms with E-state index in [9.17, 15) is 26.7 Å². The SMILES string of the molecule is O=C(CC(Br)Br)OC(c1ccccc1)C(F)(F)C(F)(F)F. The average Bonchev–Trinajstić information content (AvgIpc) is 2.34. The van der Waals surface area contributed by atoms with Gasteiger partial charge in [-0.2, -0.15) is 22.0 Å². The van der Waals surface area contributed by atoms with Crippen molar-refractivity contribution in [3.05, 3.63) is 35.9 Å². The fourth-order valence-electron chi connectivity index (χ4n) is 1.43. The van der Waals surface area contributed by atoms with Gasteiger partial charge in [0.1, 0.15) is 0 Å². The molecule has 1 unspecified atom stereocenters. The summed E-state index contributed by atoms with van der Waals surface area (Å²) in [5.41, 5.74) is -0.436. The Balaban J connectivity index is 3.10. The maximum Gasteiger partial charge on any atom is 0.457 e. The van der Waals surface area contributed by atoms with E-state index in [0.717, 1.165) is 12.1 Å². The molecule has 0 aliphatic carbocycles. The molecule has 2 nitrogen and oxygen atoms in total. The first-order valence-electron chi connectivity index (χ1n) is 5.53. The summed E-state index contributed by atoms with van der Waals surface area (Å²) in [6.07, 6.45) is -8.97. The third-order valence-electron chi connectivity index (χ3n) is 2.38. The monoisotopic (exact) mass is 438 g/mol. The number of carbonyl (C=O) groups excluding carboxylic acids is 1. The van der Waals surface area contributed by atoms with Crippen LogP contribution in [-0.4, -0.2) is 21.8 Å². The molecule has 21 heavy (non-hydrogen) atoms. The van der Waals surface area contributed by atoms with E-state index in [1.807, 2.05) is 0 Å². The number of rotatable bonds is 5. The Kier molecular flexibility index (Phi) is 6.15. The molecule has 0 spiro atoms. The van der Waals surface area contributed by atoms with Crippen molar-refractivity contribution in [2.45, 2.75) is 28.4 Å². The summed E-state index contributed by atoms with van der Waals surface area (Å²) in [7, 11) is 0. The molecule has 0 saturated heterocycles. The normalized spacial score (nSPS) is 14.1. The van der Waals surface area contributed by atoms with Gasteiger partial charge in [-0.15, -0.1) is 0 Å². The highest BCUT2D eigenvalue weighted by atomic mass is 79.9. The van der Waals surface area contributed by atoms with Crippen molar-refractivity contribution in [2.24, 2.45) is 0 Å². The molecule has 0 aliphatic heterocycles. The first kappa shape index (κ1) is 18.3. The Hall–Kier alpha value is -0.700. The molecule has 118 valence electrons. The third-order valence-corrected chi connectivity index (χ3v) is 3.03. The van der Waals surface area contributed by atoms with Gasteiger partial charge >= 0.3 is 18.1 Å². The molecule has 1 aromatic carbocycles. The van der Waals surface area contributed by atoms with E-state index in [0.29, 0.717) is 0 Å². The molecular weight excluding hydrogens is 431 g/mol. The minimum absolute atomic E-state index is 0.405. The lowest BCUT2D eigenvalue weighted by Gasteiger charge is -2.28. The third kappa shape index (κ3) is 4.91. The van der Waals surface area contributed by atoms with Gasteiger partial charge in [-0.05, 0) is 5.56 Å². The van der Waals surface area contributed by atoms with Crippen LogP contribution in [0, 0.1) is 0 Å². The molecule has 0 N–H and O–H groups in total. The summed E-state index contributed by atoms with van der Waals surface area (Å²) < 4.78 is 68.5. The molecule has 0 fully saturated rings. The molecule has 9 heteroatoms. The Bertz CT molecular complexity index is 476. The van der Waals surface area contributed by atoms with Crippen LogP contribution in [-0.2, 0) is 9.53 Å². The number of hydrogen-bond acceptors (Lipinski definition) is 2. The largest absolute Gasteiger partial charge is 0.457 e. The Labute approximate surface area is 133 Å². The molecule has 0 amide bonds. The van der Waals surface area contributed by atoms with Gasteiger partial charge in [0, 0.05) is 0 Å². The summed E-state index contributed by atoms with van der Waals surface area (Å²) in [6.45, 7) is 0. The lowest BCUT2D eigenvalue weighted by atomic mass is 10.0. The Morgan fingerprint density at radius 2 is 1.62 bits per heavy atom. The molecular formula is C12H9Br2F5O2. The topological polar surface area (TPSA) is 26.3 Å². The van der Waals surface area contributed by atoms with Crippen LogP contribution in [0.5, 0.6) is 0 Å². The van der Waals surface area contributed by atoms with Crippen LogP contribution in [0.2, 0.25) is 0 Å². The summed E-state index contributed by atoms with van der Waals surface area (Å²) in [5, 5.41) is 0. The smallest absolute Gasteiger partial charge is 0.451 e. The maximum atomic E-state index is 13.6. The molecule has 0 bridgehead atoms. The van der Waals surface area contributed by atoms with E-state index >= 15 is 0 Å². The first-order valence-corrected chi connectivity index (χ1v) is 7.36. The van der Waals surface area contributed by atoms with Crippen LogP contribution < -0.4 is 0 Å². The quantitative estimate of drug-likeness (QED) is 0.367. The predicted octanol–water partition coefficient (Wildman–Crippen LogP) is 4.97. The van der Waals surface area contributed by atoms with E-state index in [-0.39, 0.29) is 0 Å². The minimum Gasteiger partial charge on any atom is -0.451 e. The van der Waals surface area contributed by atoms with Crippen LogP contribution >= 0.6 is 31.9 Å². The van der Waals surface area contributed by atoms with Gasteiger partial charge in [0.2, 0.25) is 0 Å². The second-order valence-corrected chi connectivity index (χ2v) is 7.44. The Morgan fingerprint density at radius 3 is 2.05 bits per heavy atom. The zero-order chi connectivity index (χ0) is 16.3.